The summed E-state index contributed by atoms with van der Waals surface area (Å²) < 4.78 is 5.91. The molecule has 1 aliphatic rings. The van der Waals surface area contributed by atoms with Crippen molar-refractivity contribution in [1.29, 1.82) is 0 Å². The summed E-state index contributed by atoms with van der Waals surface area (Å²) in [7, 11) is 0. The molecule has 0 spiro atoms. The van der Waals surface area contributed by atoms with Gasteiger partial charge in [0, 0.05) is 11.1 Å². The molecule has 0 atom stereocenters. The van der Waals surface area contributed by atoms with Gasteiger partial charge in [0.15, 0.2) is 0 Å². The topological polar surface area (TPSA) is 42.4 Å². The third-order valence-electron chi connectivity index (χ3n) is 5.05. The molecular weight excluding hydrogens is 324 g/mol. The minimum atomic E-state index is 0.0525. The second-order valence-electron chi connectivity index (χ2n) is 6.98. The summed E-state index contributed by atoms with van der Waals surface area (Å²) in [4.78, 5) is 19.5. The van der Waals surface area contributed by atoms with Gasteiger partial charge in [0.25, 0.3) is 5.91 Å². The molecule has 3 aromatic rings. The van der Waals surface area contributed by atoms with Crippen LogP contribution in [0.25, 0.3) is 10.9 Å². The number of fused-ring (bicyclic) bond motifs is 1. The number of likely N-dealkylation sites (tertiary alicyclic amines) is 1. The highest BCUT2D eigenvalue weighted by Crippen LogP contribution is 2.27. The molecule has 26 heavy (non-hydrogen) atoms. The van der Waals surface area contributed by atoms with Crippen molar-refractivity contribution < 1.29 is 9.53 Å². The molecule has 4 rings (SSSR count). The zero-order valence-electron chi connectivity index (χ0n) is 15.3. The van der Waals surface area contributed by atoms with Gasteiger partial charge in [-0.2, -0.15) is 0 Å². The molecule has 0 aliphatic carbocycles. The van der Waals surface area contributed by atoms with E-state index in [1.807, 2.05) is 54.3 Å². The summed E-state index contributed by atoms with van der Waals surface area (Å²) in [6.45, 7) is 7.30. The summed E-state index contributed by atoms with van der Waals surface area (Å²) >= 11 is 0. The Kier molecular flexibility index (Phi) is 4.11. The second-order valence-corrected chi connectivity index (χ2v) is 6.98. The van der Waals surface area contributed by atoms with Crippen LogP contribution >= 0.6 is 0 Å². The number of para-hydroxylation sites is 1. The predicted octanol–water partition coefficient (Wildman–Crippen LogP) is 4.06. The highest BCUT2D eigenvalue weighted by Gasteiger charge is 2.33. The van der Waals surface area contributed by atoms with Gasteiger partial charge in [-0.15, -0.1) is 0 Å². The molecule has 1 aromatic heterocycles. The van der Waals surface area contributed by atoms with Crippen LogP contribution in [-0.4, -0.2) is 35.0 Å². The van der Waals surface area contributed by atoms with Gasteiger partial charge in [-0.25, -0.2) is 0 Å². The molecule has 2 heterocycles. The SMILES string of the molecule is Cc1cc(C(=O)N2CC(Oc3ccccc3)C2)c2ccc(C)c(C)c2n1. The van der Waals surface area contributed by atoms with Gasteiger partial charge in [-0.05, 0) is 50.1 Å². The minimum Gasteiger partial charge on any atom is -0.487 e. The standard InChI is InChI=1S/C22H22N2O2/c1-14-9-10-19-20(11-15(2)23-21(19)16(14)3)22(25)24-12-18(13-24)26-17-7-5-4-6-8-17/h4-11,18H,12-13H2,1-3H3. The van der Waals surface area contributed by atoms with Crippen LogP contribution in [0.4, 0.5) is 0 Å². The Bertz CT molecular complexity index is 976. The highest BCUT2D eigenvalue weighted by atomic mass is 16.5. The average molecular weight is 346 g/mol. The summed E-state index contributed by atoms with van der Waals surface area (Å²) in [6.07, 6.45) is 0.0551. The fourth-order valence-corrected chi connectivity index (χ4v) is 3.38. The maximum atomic E-state index is 13.0. The number of amides is 1. The Labute approximate surface area is 153 Å². The largest absolute Gasteiger partial charge is 0.487 e. The van der Waals surface area contributed by atoms with Crippen molar-refractivity contribution in [3.05, 3.63) is 70.9 Å². The molecule has 2 aromatic carbocycles. The van der Waals surface area contributed by atoms with Crippen molar-refractivity contribution in [2.24, 2.45) is 0 Å². The number of carbonyl (C=O) groups excluding carboxylic acids is 1. The number of benzene rings is 2. The lowest BCUT2D eigenvalue weighted by molar-refractivity contribution is 0.0179. The maximum absolute atomic E-state index is 13.0. The van der Waals surface area contributed by atoms with E-state index < -0.39 is 0 Å². The molecule has 4 heteroatoms. The Hall–Kier alpha value is -2.88. The molecule has 1 saturated heterocycles. The van der Waals surface area contributed by atoms with Crippen molar-refractivity contribution in [3.8, 4) is 5.75 Å². The number of pyridine rings is 1. The lowest BCUT2D eigenvalue weighted by Crippen LogP contribution is -2.56. The lowest BCUT2D eigenvalue weighted by Gasteiger charge is -2.39. The van der Waals surface area contributed by atoms with Gasteiger partial charge in [-0.3, -0.25) is 9.78 Å². The van der Waals surface area contributed by atoms with Crippen LogP contribution in [0, 0.1) is 20.8 Å². The first-order valence-corrected chi connectivity index (χ1v) is 8.91. The summed E-state index contributed by atoms with van der Waals surface area (Å²) in [5, 5.41) is 0.927. The van der Waals surface area contributed by atoms with E-state index >= 15 is 0 Å². The summed E-state index contributed by atoms with van der Waals surface area (Å²) in [5.74, 6) is 0.901. The van der Waals surface area contributed by atoms with Crippen LogP contribution in [0.15, 0.2) is 48.5 Å². The molecule has 0 radical (unpaired) electrons. The summed E-state index contributed by atoms with van der Waals surface area (Å²) in [6, 6.07) is 15.7. The van der Waals surface area contributed by atoms with Gasteiger partial charge >= 0.3 is 0 Å². The fourth-order valence-electron chi connectivity index (χ4n) is 3.38. The number of aryl methyl sites for hydroxylation is 3. The van der Waals surface area contributed by atoms with Crippen LogP contribution in [-0.2, 0) is 0 Å². The number of aromatic nitrogens is 1. The van der Waals surface area contributed by atoms with E-state index in [1.165, 1.54) is 5.56 Å². The molecule has 4 nitrogen and oxygen atoms in total. The van der Waals surface area contributed by atoms with Crippen LogP contribution in [0.1, 0.15) is 27.2 Å². The average Bonchev–Trinajstić information content (AvgIpc) is 2.61. The Morgan fingerprint density at radius 3 is 2.54 bits per heavy atom. The van der Waals surface area contributed by atoms with Crippen molar-refractivity contribution in [1.82, 2.24) is 9.88 Å². The van der Waals surface area contributed by atoms with Crippen molar-refractivity contribution in [3.63, 3.8) is 0 Å². The smallest absolute Gasteiger partial charge is 0.254 e. The van der Waals surface area contributed by atoms with E-state index in [0.29, 0.717) is 13.1 Å². The molecule has 0 unspecified atom stereocenters. The second kappa shape index (κ2) is 6.45. The Balaban J connectivity index is 1.55. The van der Waals surface area contributed by atoms with Gasteiger partial charge in [0.05, 0.1) is 24.2 Å². The van der Waals surface area contributed by atoms with Crippen molar-refractivity contribution in [2.75, 3.05) is 13.1 Å². The molecule has 132 valence electrons. The van der Waals surface area contributed by atoms with E-state index in [4.69, 9.17) is 4.74 Å². The molecule has 1 aliphatic heterocycles. The van der Waals surface area contributed by atoms with Gasteiger partial charge in [0.2, 0.25) is 0 Å². The monoisotopic (exact) mass is 346 g/mol. The fraction of sp³-hybridized carbons (Fsp3) is 0.273. The molecule has 0 saturated carbocycles. The van der Waals surface area contributed by atoms with Crippen LogP contribution in [0.2, 0.25) is 0 Å². The predicted molar refractivity (Wildman–Crippen MR) is 103 cm³/mol. The van der Waals surface area contributed by atoms with E-state index in [2.05, 4.69) is 24.9 Å². The van der Waals surface area contributed by atoms with Crippen LogP contribution in [0.3, 0.4) is 0 Å². The molecule has 1 fully saturated rings. The first-order chi connectivity index (χ1) is 12.5. The molecule has 1 amide bonds. The number of rotatable bonds is 3. The molecule has 0 N–H and O–H groups in total. The first kappa shape index (κ1) is 16.6. The van der Waals surface area contributed by atoms with Gasteiger partial charge < -0.3 is 9.64 Å². The number of carbonyl (C=O) groups is 1. The van der Waals surface area contributed by atoms with Gasteiger partial charge in [-0.1, -0.05) is 30.3 Å². The quantitative estimate of drug-likeness (QED) is 0.718. The normalized spacial score (nSPS) is 14.3. The van der Waals surface area contributed by atoms with Crippen molar-refractivity contribution >= 4 is 16.8 Å². The van der Waals surface area contributed by atoms with Crippen LogP contribution in [0.5, 0.6) is 5.75 Å². The summed E-state index contributed by atoms with van der Waals surface area (Å²) in [5.41, 5.74) is 4.84. The third-order valence-corrected chi connectivity index (χ3v) is 5.05. The third kappa shape index (κ3) is 2.92. The number of ether oxygens (including phenoxy) is 1. The first-order valence-electron chi connectivity index (χ1n) is 8.91. The zero-order valence-corrected chi connectivity index (χ0v) is 15.3. The maximum Gasteiger partial charge on any atom is 0.254 e. The number of nitrogens with zero attached hydrogens (tertiary/aromatic N) is 2. The zero-order chi connectivity index (χ0) is 18.3. The molecule has 0 bridgehead atoms. The number of hydrogen-bond donors (Lipinski definition) is 0. The van der Waals surface area contributed by atoms with Crippen molar-refractivity contribution in [2.45, 2.75) is 26.9 Å². The number of hydrogen-bond acceptors (Lipinski definition) is 3. The molecular formula is C22H22N2O2. The Morgan fingerprint density at radius 1 is 1.08 bits per heavy atom. The minimum absolute atomic E-state index is 0.0525. The highest BCUT2D eigenvalue weighted by molar-refractivity contribution is 6.07. The van der Waals surface area contributed by atoms with E-state index in [-0.39, 0.29) is 12.0 Å². The lowest BCUT2D eigenvalue weighted by atomic mass is 9.99. The van der Waals surface area contributed by atoms with Gasteiger partial charge in [0.1, 0.15) is 11.9 Å². The van der Waals surface area contributed by atoms with Crippen LogP contribution < -0.4 is 4.74 Å². The van der Waals surface area contributed by atoms with E-state index in [1.54, 1.807) is 0 Å². The Morgan fingerprint density at radius 2 is 1.81 bits per heavy atom. The van der Waals surface area contributed by atoms with E-state index in [9.17, 15) is 4.79 Å². The van der Waals surface area contributed by atoms with E-state index in [0.717, 1.165) is 33.5 Å².